The number of rotatable bonds is 0. The first-order valence-electron chi connectivity index (χ1n) is 5.12. The molecule has 1 aliphatic heterocycles. The first-order valence-corrected chi connectivity index (χ1v) is 5.12. The van der Waals surface area contributed by atoms with Gasteiger partial charge in [0.15, 0.2) is 0 Å². The average molecular weight is 223 g/mol. The molecule has 0 saturated heterocycles. The topological polar surface area (TPSA) is 29.5 Å². The summed E-state index contributed by atoms with van der Waals surface area (Å²) in [4.78, 5) is 13.2. The molecule has 0 N–H and O–H groups in total. The van der Waals surface area contributed by atoms with Gasteiger partial charge in [0.2, 0.25) is 0 Å². The van der Waals surface area contributed by atoms with Crippen LogP contribution in [0.4, 0.5) is 14.9 Å². The smallest absolute Gasteiger partial charge is 0.414 e. The summed E-state index contributed by atoms with van der Waals surface area (Å²) in [6, 6.07) is 4.51. The van der Waals surface area contributed by atoms with Crippen LogP contribution in [0.25, 0.3) is 0 Å². The lowest BCUT2D eigenvalue weighted by molar-refractivity contribution is 0.173. The number of fused-ring (bicyclic) bond motifs is 1. The van der Waals surface area contributed by atoms with E-state index >= 15 is 0 Å². The number of halogens is 1. The summed E-state index contributed by atoms with van der Waals surface area (Å²) in [7, 11) is 1.33. The van der Waals surface area contributed by atoms with E-state index in [1.54, 1.807) is 6.07 Å². The van der Waals surface area contributed by atoms with E-state index in [1.165, 1.54) is 24.1 Å². The molecule has 0 radical (unpaired) electrons. The van der Waals surface area contributed by atoms with Crippen molar-refractivity contribution in [2.45, 2.75) is 25.8 Å². The largest absolute Gasteiger partial charge is 0.452 e. The molecule has 1 aliphatic rings. The van der Waals surface area contributed by atoms with Crippen molar-refractivity contribution in [3.63, 3.8) is 0 Å². The summed E-state index contributed by atoms with van der Waals surface area (Å²) in [5.74, 6) is -0.342. The van der Waals surface area contributed by atoms with Crippen molar-refractivity contribution in [3.05, 3.63) is 29.6 Å². The Balaban J connectivity index is 2.51. The molecule has 0 unspecified atom stereocenters. The zero-order chi connectivity index (χ0) is 11.9. The molecule has 86 valence electrons. The van der Waals surface area contributed by atoms with Crippen molar-refractivity contribution in [1.82, 2.24) is 0 Å². The van der Waals surface area contributed by atoms with Crippen LogP contribution in [-0.2, 0) is 11.2 Å². The third kappa shape index (κ3) is 1.54. The number of amides is 1. The quantitative estimate of drug-likeness (QED) is 0.676. The van der Waals surface area contributed by atoms with Gasteiger partial charge in [-0.1, -0.05) is 6.07 Å². The van der Waals surface area contributed by atoms with Crippen LogP contribution in [0.15, 0.2) is 18.2 Å². The maximum absolute atomic E-state index is 13.2. The predicted molar refractivity (Wildman–Crippen MR) is 59.1 cm³/mol. The lowest BCUT2D eigenvalue weighted by Gasteiger charge is -2.30. The fourth-order valence-electron chi connectivity index (χ4n) is 2.20. The molecule has 0 aromatic heterocycles. The van der Waals surface area contributed by atoms with Gasteiger partial charge in [0.1, 0.15) is 5.82 Å². The maximum Gasteiger partial charge on any atom is 0.414 e. The Morgan fingerprint density at radius 2 is 2.19 bits per heavy atom. The third-order valence-corrected chi connectivity index (χ3v) is 2.87. The number of methoxy groups -OCH3 is 1. The van der Waals surface area contributed by atoms with Gasteiger partial charge in [-0.15, -0.1) is 0 Å². The lowest BCUT2D eigenvalue weighted by Crippen LogP contribution is -2.45. The van der Waals surface area contributed by atoms with Crippen molar-refractivity contribution in [2.24, 2.45) is 0 Å². The Morgan fingerprint density at radius 1 is 1.50 bits per heavy atom. The van der Waals surface area contributed by atoms with Gasteiger partial charge in [-0.3, -0.25) is 4.90 Å². The minimum Gasteiger partial charge on any atom is -0.452 e. The zero-order valence-corrected chi connectivity index (χ0v) is 9.58. The van der Waals surface area contributed by atoms with Gasteiger partial charge in [0.25, 0.3) is 0 Å². The van der Waals surface area contributed by atoms with Gasteiger partial charge in [0, 0.05) is 5.54 Å². The molecule has 2 rings (SSSR count). The number of anilines is 1. The molecular weight excluding hydrogens is 209 g/mol. The number of nitrogens with zero attached hydrogens (tertiary/aromatic N) is 1. The minimum absolute atomic E-state index is 0.342. The highest BCUT2D eigenvalue weighted by Gasteiger charge is 2.40. The van der Waals surface area contributed by atoms with Gasteiger partial charge in [0.05, 0.1) is 12.8 Å². The Morgan fingerprint density at radius 3 is 2.81 bits per heavy atom. The van der Waals surface area contributed by atoms with E-state index in [9.17, 15) is 9.18 Å². The minimum atomic E-state index is -0.450. The third-order valence-electron chi connectivity index (χ3n) is 2.87. The molecule has 1 aromatic carbocycles. The molecule has 1 aromatic rings. The van der Waals surface area contributed by atoms with E-state index in [1.807, 2.05) is 13.8 Å². The van der Waals surface area contributed by atoms with Crippen LogP contribution in [0, 0.1) is 5.82 Å². The van der Waals surface area contributed by atoms with Gasteiger partial charge >= 0.3 is 6.09 Å². The molecule has 3 nitrogen and oxygen atoms in total. The Hall–Kier alpha value is -1.58. The highest BCUT2D eigenvalue weighted by Crippen LogP contribution is 2.39. The van der Waals surface area contributed by atoms with Crippen LogP contribution >= 0.6 is 0 Å². The van der Waals surface area contributed by atoms with E-state index in [2.05, 4.69) is 0 Å². The van der Waals surface area contributed by atoms with E-state index in [-0.39, 0.29) is 11.4 Å². The highest BCUT2D eigenvalue weighted by molar-refractivity contribution is 5.92. The lowest BCUT2D eigenvalue weighted by atomic mass is 10.00. The molecule has 0 fully saturated rings. The Kier molecular flexibility index (Phi) is 2.37. The second-order valence-corrected chi connectivity index (χ2v) is 4.57. The summed E-state index contributed by atoms with van der Waals surface area (Å²) in [6.45, 7) is 3.86. The molecule has 0 spiro atoms. The zero-order valence-electron chi connectivity index (χ0n) is 9.58. The first-order chi connectivity index (χ1) is 7.45. The van der Waals surface area contributed by atoms with Gasteiger partial charge in [-0.2, -0.15) is 0 Å². The molecule has 1 amide bonds. The second kappa shape index (κ2) is 3.47. The van der Waals surface area contributed by atoms with Crippen LogP contribution in [0.1, 0.15) is 19.4 Å². The van der Waals surface area contributed by atoms with E-state index in [0.717, 1.165) is 5.56 Å². The molecule has 0 bridgehead atoms. The predicted octanol–water partition coefficient (Wildman–Crippen LogP) is 2.73. The van der Waals surface area contributed by atoms with Crippen LogP contribution in [0.5, 0.6) is 0 Å². The van der Waals surface area contributed by atoms with Crippen molar-refractivity contribution in [3.8, 4) is 0 Å². The van der Waals surface area contributed by atoms with Crippen LogP contribution in [-0.4, -0.2) is 18.7 Å². The number of carbonyl (C=O) groups excluding carboxylic acids is 1. The molecule has 0 atom stereocenters. The van der Waals surface area contributed by atoms with Crippen molar-refractivity contribution < 1.29 is 13.9 Å². The van der Waals surface area contributed by atoms with Crippen molar-refractivity contribution in [2.75, 3.05) is 12.0 Å². The Labute approximate surface area is 93.8 Å². The summed E-state index contributed by atoms with van der Waals surface area (Å²) < 4.78 is 17.9. The summed E-state index contributed by atoms with van der Waals surface area (Å²) in [5.41, 5.74) is 1.21. The van der Waals surface area contributed by atoms with Gasteiger partial charge in [-0.05, 0) is 38.0 Å². The normalized spacial score (nSPS) is 17.1. The standard InChI is InChI=1S/C12H14FNO2/c1-12(2)7-8-4-5-9(13)6-10(8)14(12)11(15)16-3/h4-6H,7H2,1-3H3. The molecule has 0 saturated carbocycles. The molecular formula is C12H14FNO2. The fraction of sp³-hybridized carbons (Fsp3) is 0.417. The molecule has 16 heavy (non-hydrogen) atoms. The van der Waals surface area contributed by atoms with E-state index in [0.29, 0.717) is 12.1 Å². The van der Waals surface area contributed by atoms with Crippen LogP contribution < -0.4 is 4.90 Å². The number of carbonyl (C=O) groups is 1. The monoisotopic (exact) mass is 223 g/mol. The Bertz CT molecular complexity index is 443. The van der Waals surface area contributed by atoms with Gasteiger partial charge in [-0.25, -0.2) is 9.18 Å². The molecule has 4 heteroatoms. The van der Waals surface area contributed by atoms with E-state index in [4.69, 9.17) is 4.74 Å². The van der Waals surface area contributed by atoms with Crippen molar-refractivity contribution in [1.29, 1.82) is 0 Å². The fourth-order valence-corrected chi connectivity index (χ4v) is 2.20. The van der Waals surface area contributed by atoms with Crippen LogP contribution in [0.3, 0.4) is 0 Å². The summed E-state index contributed by atoms with van der Waals surface area (Å²) in [6.07, 6.45) is 0.256. The van der Waals surface area contributed by atoms with Gasteiger partial charge < -0.3 is 4.74 Å². The number of hydrogen-bond donors (Lipinski definition) is 0. The molecule has 0 aliphatic carbocycles. The van der Waals surface area contributed by atoms with E-state index < -0.39 is 6.09 Å². The first kappa shape index (κ1) is 10.9. The van der Waals surface area contributed by atoms with Crippen molar-refractivity contribution >= 4 is 11.8 Å². The number of benzene rings is 1. The summed E-state index contributed by atoms with van der Waals surface area (Å²) >= 11 is 0. The maximum atomic E-state index is 13.2. The average Bonchev–Trinajstić information content (AvgIpc) is 2.47. The van der Waals surface area contributed by atoms with Crippen LogP contribution in [0.2, 0.25) is 0 Å². The highest BCUT2D eigenvalue weighted by atomic mass is 19.1. The summed E-state index contributed by atoms with van der Waals surface area (Å²) in [5, 5.41) is 0. The number of ether oxygens (including phenoxy) is 1. The number of hydrogen-bond acceptors (Lipinski definition) is 2. The SMILES string of the molecule is COC(=O)N1c2cc(F)ccc2CC1(C)C. The molecule has 1 heterocycles. The second-order valence-electron chi connectivity index (χ2n) is 4.57.